The van der Waals surface area contributed by atoms with Gasteiger partial charge in [0.25, 0.3) is 11.8 Å². The maximum absolute atomic E-state index is 13.1. The maximum atomic E-state index is 13.1. The fourth-order valence-corrected chi connectivity index (χ4v) is 3.46. The molecule has 0 saturated carbocycles. The lowest BCUT2D eigenvalue weighted by Gasteiger charge is -2.27. The number of nitrogens with zero attached hydrogens (tertiary/aromatic N) is 2. The predicted molar refractivity (Wildman–Crippen MR) is 113 cm³/mol. The fourth-order valence-electron chi connectivity index (χ4n) is 3.05. The lowest BCUT2D eigenvalue weighted by atomic mass is 9.93. The standard InChI is InChI=1S/C23H20N2O3S/c1-15-20(12-16-6-10-19(29-3)11-7-16)22(26)25(23(27)21(15)13-24)14-17-4-8-18(28-2)9-5-17/h4-12H,14H2,1-3H3/b20-12+. The molecule has 1 aliphatic rings. The number of hydrogen-bond donors (Lipinski definition) is 0. The quantitative estimate of drug-likeness (QED) is 0.424. The van der Waals surface area contributed by atoms with Crippen LogP contribution in [0, 0.1) is 11.3 Å². The summed E-state index contributed by atoms with van der Waals surface area (Å²) in [6, 6.07) is 16.8. The molecule has 0 radical (unpaired) electrons. The van der Waals surface area contributed by atoms with Crippen molar-refractivity contribution in [2.24, 2.45) is 0 Å². The van der Waals surface area contributed by atoms with Crippen LogP contribution in [0.2, 0.25) is 0 Å². The molecular weight excluding hydrogens is 384 g/mol. The summed E-state index contributed by atoms with van der Waals surface area (Å²) in [5.74, 6) is -0.287. The molecule has 2 aromatic rings. The molecule has 0 aromatic heterocycles. The van der Waals surface area contributed by atoms with Crippen LogP contribution in [0.5, 0.6) is 5.75 Å². The summed E-state index contributed by atoms with van der Waals surface area (Å²) in [7, 11) is 1.57. The van der Waals surface area contributed by atoms with E-state index in [9.17, 15) is 14.9 Å². The summed E-state index contributed by atoms with van der Waals surface area (Å²) in [6.45, 7) is 1.73. The summed E-state index contributed by atoms with van der Waals surface area (Å²) < 4.78 is 5.14. The molecule has 0 saturated heterocycles. The van der Waals surface area contributed by atoms with E-state index in [1.54, 1.807) is 56.1 Å². The molecule has 29 heavy (non-hydrogen) atoms. The number of thioether (sulfide) groups is 1. The lowest BCUT2D eigenvalue weighted by Crippen LogP contribution is -2.42. The highest BCUT2D eigenvalue weighted by Crippen LogP contribution is 2.29. The summed E-state index contributed by atoms with van der Waals surface area (Å²) in [5, 5.41) is 9.51. The molecule has 1 heterocycles. The summed E-state index contributed by atoms with van der Waals surface area (Å²) in [4.78, 5) is 28.1. The Kier molecular flexibility index (Phi) is 6.20. The number of amides is 2. The van der Waals surface area contributed by atoms with Crippen molar-refractivity contribution in [1.29, 1.82) is 5.26 Å². The van der Waals surface area contributed by atoms with Gasteiger partial charge >= 0.3 is 0 Å². The fraction of sp³-hybridized carbons (Fsp3) is 0.174. The van der Waals surface area contributed by atoms with E-state index in [0.29, 0.717) is 16.9 Å². The second-order valence-corrected chi connectivity index (χ2v) is 7.37. The third-order valence-corrected chi connectivity index (χ3v) is 5.50. The zero-order valence-corrected chi connectivity index (χ0v) is 17.2. The molecule has 0 spiro atoms. The van der Waals surface area contributed by atoms with Crippen molar-refractivity contribution in [3.63, 3.8) is 0 Å². The number of carbonyl (C=O) groups is 2. The molecule has 0 bridgehead atoms. The molecule has 5 nitrogen and oxygen atoms in total. The molecule has 6 heteroatoms. The van der Waals surface area contributed by atoms with Crippen LogP contribution < -0.4 is 4.74 Å². The summed E-state index contributed by atoms with van der Waals surface area (Å²) >= 11 is 1.63. The number of imide groups is 1. The molecule has 0 unspecified atom stereocenters. The third kappa shape index (κ3) is 4.25. The predicted octanol–water partition coefficient (Wildman–Crippen LogP) is 4.21. The Labute approximate surface area is 174 Å². The number of methoxy groups -OCH3 is 1. The van der Waals surface area contributed by atoms with Gasteiger partial charge in [0.05, 0.1) is 13.7 Å². The van der Waals surface area contributed by atoms with E-state index in [2.05, 4.69) is 0 Å². The van der Waals surface area contributed by atoms with Crippen LogP contribution in [0.1, 0.15) is 18.1 Å². The van der Waals surface area contributed by atoms with Gasteiger partial charge in [-0.3, -0.25) is 14.5 Å². The van der Waals surface area contributed by atoms with Crippen LogP contribution in [0.3, 0.4) is 0 Å². The Bertz CT molecular complexity index is 1050. The second kappa shape index (κ2) is 8.80. The van der Waals surface area contributed by atoms with E-state index >= 15 is 0 Å². The number of rotatable bonds is 5. The van der Waals surface area contributed by atoms with Crippen LogP contribution >= 0.6 is 11.8 Å². The average molecular weight is 404 g/mol. The highest BCUT2D eigenvalue weighted by atomic mass is 32.2. The molecule has 1 aliphatic heterocycles. The van der Waals surface area contributed by atoms with E-state index < -0.39 is 11.8 Å². The van der Waals surface area contributed by atoms with Crippen LogP contribution in [-0.4, -0.2) is 30.1 Å². The molecule has 0 fully saturated rings. The van der Waals surface area contributed by atoms with Gasteiger partial charge in [-0.1, -0.05) is 24.3 Å². The minimum absolute atomic E-state index is 0.00917. The Hall–Kier alpha value is -3.30. The molecule has 0 N–H and O–H groups in total. The summed E-state index contributed by atoms with van der Waals surface area (Å²) in [5.41, 5.74) is 2.36. The first-order chi connectivity index (χ1) is 14.0. The molecule has 0 atom stereocenters. The Morgan fingerprint density at radius 1 is 1.07 bits per heavy atom. The highest BCUT2D eigenvalue weighted by Gasteiger charge is 2.35. The highest BCUT2D eigenvalue weighted by molar-refractivity contribution is 7.98. The third-order valence-electron chi connectivity index (χ3n) is 4.75. The van der Waals surface area contributed by atoms with Crippen molar-refractivity contribution >= 4 is 29.7 Å². The molecule has 146 valence electrons. The minimum atomic E-state index is -0.569. The Morgan fingerprint density at radius 2 is 1.72 bits per heavy atom. The molecule has 2 aromatic carbocycles. The number of hydrogen-bond acceptors (Lipinski definition) is 5. The van der Waals surface area contributed by atoms with Crippen molar-refractivity contribution in [3.05, 3.63) is 76.4 Å². The topological polar surface area (TPSA) is 70.4 Å². The van der Waals surface area contributed by atoms with Gasteiger partial charge in [0, 0.05) is 10.5 Å². The zero-order valence-electron chi connectivity index (χ0n) is 16.4. The van der Waals surface area contributed by atoms with Crippen molar-refractivity contribution in [1.82, 2.24) is 4.90 Å². The first kappa shape index (κ1) is 20.4. The number of carbonyl (C=O) groups excluding carboxylic acids is 2. The first-order valence-electron chi connectivity index (χ1n) is 8.94. The monoisotopic (exact) mass is 404 g/mol. The van der Waals surface area contributed by atoms with Crippen molar-refractivity contribution in [3.8, 4) is 11.8 Å². The van der Waals surface area contributed by atoms with Crippen molar-refractivity contribution in [2.75, 3.05) is 13.4 Å². The normalized spacial score (nSPS) is 15.7. The SMILES string of the molecule is COc1ccc(CN2C(=O)C(C#N)=C(C)/C(=C\c3ccc(SC)cc3)C2=O)cc1. The van der Waals surface area contributed by atoms with Crippen LogP contribution in [0.4, 0.5) is 0 Å². The van der Waals surface area contributed by atoms with Crippen LogP contribution in [-0.2, 0) is 16.1 Å². The molecule has 3 rings (SSSR count). The van der Waals surface area contributed by atoms with E-state index in [1.807, 2.05) is 36.6 Å². The number of ether oxygens (including phenoxy) is 1. The van der Waals surface area contributed by atoms with Gasteiger partial charge in [-0.15, -0.1) is 11.8 Å². The van der Waals surface area contributed by atoms with Crippen molar-refractivity contribution < 1.29 is 14.3 Å². The van der Waals surface area contributed by atoms with E-state index in [-0.39, 0.29) is 12.1 Å². The van der Waals surface area contributed by atoms with Gasteiger partial charge in [0.15, 0.2) is 0 Å². The van der Waals surface area contributed by atoms with E-state index in [1.165, 1.54) is 0 Å². The zero-order chi connectivity index (χ0) is 21.0. The van der Waals surface area contributed by atoms with E-state index in [4.69, 9.17) is 4.74 Å². The average Bonchev–Trinajstić information content (AvgIpc) is 2.75. The first-order valence-corrected chi connectivity index (χ1v) is 10.2. The largest absolute Gasteiger partial charge is 0.497 e. The second-order valence-electron chi connectivity index (χ2n) is 6.49. The van der Waals surface area contributed by atoms with Crippen LogP contribution in [0.15, 0.2) is 70.1 Å². The van der Waals surface area contributed by atoms with Gasteiger partial charge in [0.1, 0.15) is 17.4 Å². The number of nitriles is 1. The Morgan fingerprint density at radius 3 is 2.28 bits per heavy atom. The summed E-state index contributed by atoms with van der Waals surface area (Å²) in [6.07, 6.45) is 3.72. The molecular formula is C23H20N2O3S. The minimum Gasteiger partial charge on any atom is -0.497 e. The van der Waals surface area contributed by atoms with Crippen LogP contribution in [0.25, 0.3) is 6.08 Å². The van der Waals surface area contributed by atoms with Gasteiger partial charge in [-0.25, -0.2) is 0 Å². The van der Waals surface area contributed by atoms with Gasteiger partial charge in [-0.05, 0) is 60.2 Å². The Balaban J connectivity index is 1.98. The van der Waals surface area contributed by atoms with Gasteiger partial charge < -0.3 is 4.74 Å². The molecule has 0 aliphatic carbocycles. The molecule has 2 amide bonds. The maximum Gasteiger partial charge on any atom is 0.271 e. The van der Waals surface area contributed by atoms with Gasteiger partial charge in [-0.2, -0.15) is 5.26 Å². The number of benzene rings is 2. The van der Waals surface area contributed by atoms with E-state index in [0.717, 1.165) is 20.9 Å². The smallest absolute Gasteiger partial charge is 0.271 e. The lowest BCUT2D eigenvalue weighted by molar-refractivity contribution is -0.141. The van der Waals surface area contributed by atoms with Gasteiger partial charge in [0.2, 0.25) is 0 Å². The van der Waals surface area contributed by atoms with Crippen molar-refractivity contribution in [2.45, 2.75) is 18.4 Å².